The van der Waals surface area contributed by atoms with Crippen molar-refractivity contribution in [3.05, 3.63) is 65.7 Å². The van der Waals surface area contributed by atoms with E-state index in [1.165, 1.54) is 24.8 Å². The van der Waals surface area contributed by atoms with Crippen LogP contribution in [0.3, 0.4) is 0 Å². The van der Waals surface area contributed by atoms with Crippen LogP contribution < -0.4 is 5.32 Å². The fourth-order valence-electron chi connectivity index (χ4n) is 5.57. The minimum Gasteiger partial charge on any atom is -0.308 e. The average molecular weight is 498 g/mol. The Kier molecular flexibility index (Phi) is 8.76. The number of nitrogens with one attached hydrogen (secondary N) is 1. The summed E-state index contributed by atoms with van der Waals surface area (Å²) in [7, 11) is -3.61. The summed E-state index contributed by atoms with van der Waals surface area (Å²) in [5.41, 5.74) is 1.69. The number of piperidine rings is 2. The normalized spacial score (nSPS) is 23.1. The van der Waals surface area contributed by atoms with Crippen molar-refractivity contribution in [2.75, 3.05) is 39.3 Å². The molecule has 35 heavy (non-hydrogen) atoms. The van der Waals surface area contributed by atoms with Gasteiger partial charge in [-0.25, -0.2) is 8.42 Å². The second-order valence-electron chi connectivity index (χ2n) is 10.4. The number of ketones is 1. The summed E-state index contributed by atoms with van der Waals surface area (Å²) >= 11 is 0. The molecule has 0 aromatic heterocycles. The van der Waals surface area contributed by atoms with E-state index in [9.17, 15) is 13.2 Å². The number of carbonyl (C=O) groups is 1. The first-order valence-corrected chi connectivity index (χ1v) is 14.4. The molecule has 1 N–H and O–H groups in total. The molecule has 6 nitrogen and oxygen atoms in total. The Labute approximate surface area is 210 Å². The maximum absolute atomic E-state index is 13.3. The van der Waals surface area contributed by atoms with Gasteiger partial charge in [-0.05, 0) is 61.9 Å². The van der Waals surface area contributed by atoms with Gasteiger partial charge in [-0.2, -0.15) is 4.31 Å². The minimum absolute atomic E-state index is 0.0899. The lowest BCUT2D eigenvalue weighted by Gasteiger charge is -2.35. The van der Waals surface area contributed by atoms with Crippen molar-refractivity contribution in [3.63, 3.8) is 0 Å². The Bertz CT molecular complexity index is 1070. The van der Waals surface area contributed by atoms with Crippen molar-refractivity contribution in [3.8, 4) is 0 Å². The van der Waals surface area contributed by atoms with E-state index in [0.29, 0.717) is 37.0 Å². The molecule has 190 valence electrons. The standard InChI is InChI=1S/C28H39N3O3S/c1-22-16-23(2)21-31(20-22)35(33,34)26-13-9-12-25(17-26)28(32)19-29-18-27(24-10-5-3-6-11-24)30-14-7-4-8-15-30/h3,5-6,9-13,17,22-23,27,29H,4,7-8,14-16,18-21H2,1-2H3. The number of rotatable bonds is 9. The van der Waals surface area contributed by atoms with Gasteiger partial charge >= 0.3 is 0 Å². The molecule has 2 aliphatic rings. The van der Waals surface area contributed by atoms with Crippen LogP contribution in [0.25, 0.3) is 0 Å². The topological polar surface area (TPSA) is 69.7 Å². The molecule has 0 bridgehead atoms. The number of Topliss-reactive ketones (excluding diaryl/α,β-unsaturated/α-hetero) is 1. The van der Waals surface area contributed by atoms with E-state index in [4.69, 9.17) is 0 Å². The summed E-state index contributed by atoms with van der Waals surface area (Å²) in [5.74, 6) is 0.577. The fourth-order valence-corrected chi connectivity index (χ4v) is 7.29. The number of benzene rings is 2. The van der Waals surface area contributed by atoms with E-state index in [0.717, 1.165) is 19.5 Å². The van der Waals surface area contributed by atoms with Gasteiger partial charge in [-0.15, -0.1) is 0 Å². The van der Waals surface area contributed by atoms with Gasteiger partial charge in [0, 0.05) is 31.2 Å². The van der Waals surface area contributed by atoms with E-state index in [2.05, 4.69) is 48.3 Å². The fraction of sp³-hybridized carbons (Fsp3) is 0.536. The molecular formula is C28H39N3O3S. The molecule has 2 aliphatic heterocycles. The molecule has 0 saturated carbocycles. The highest BCUT2D eigenvalue weighted by Crippen LogP contribution is 2.27. The minimum atomic E-state index is -3.61. The Morgan fingerprint density at radius 1 is 0.971 bits per heavy atom. The van der Waals surface area contributed by atoms with Crippen LogP contribution in [-0.4, -0.2) is 62.7 Å². The first-order valence-electron chi connectivity index (χ1n) is 13.0. The smallest absolute Gasteiger partial charge is 0.243 e. The zero-order valence-corrected chi connectivity index (χ0v) is 21.8. The van der Waals surface area contributed by atoms with Gasteiger partial charge in [0.2, 0.25) is 10.0 Å². The van der Waals surface area contributed by atoms with Crippen molar-refractivity contribution in [1.29, 1.82) is 0 Å². The third-order valence-corrected chi connectivity index (χ3v) is 9.10. The Morgan fingerprint density at radius 2 is 1.66 bits per heavy atom. The highest BCUT2D eigenvalue weighted by molar-refractivity contribution is 7.89. The summed E-state index contributed by atoms with van der Waals surface area (Å²) in [5, 5.41) is 3.36. The number of sulfonamides is 1. The maximum Gasteiger partial charge on any atom is 0.243 e. The van der Waals surface area contributed by atoms with Gasteiger partial charge in [0.15, 0.2) is 5.78 Å². The molecule has 2 aromatic carbocycles. The number of carbonyl (C=O) groups excluding carboxylic acids is 1. The second-order valence-corrected chi connectivity index (χ2v) is 12.3. The number of hydrogen-bond acceptors (Lipinski definition) is 5. The van der Waals surface area contributed by atoms with Crippen LogP contribution in [0.15, 0.2) is 59.5 Å². The van der Waals surface area contributed by atoms with E-state index < -0.39 is 10.0 Å². The molecule has 2 aromatic rings. The van der Waals surface area contributed by atoms with Crippen molar-refractivity contribution < 1.29 is 13.2 Å². The molecule has 0 spiro atoms. The lowest BCUT2D eigenvalue weighted by atomic mass is 9.94. The predicted molar refractivity (Wildman–Crippen MR) is 140 cm³/mol. The molecule has 3 unspecified atom stereocenters. The van der Waals surface area contributed by atoms with E-state index in [1.807, 2.05) is 6.07 Å². The first kappa shape index (κ1) is 26.0. The van der Waals surface area contributed by atoms with Crippen LogP contribution in [0, 0.1) is 11.8 Å². The van der Waals surface area contributed by atoms with Gasteiger partial charge in [0.1, 0.15) is 0 Å². The van der Waals surface area contributed by atoms with E-state index in [1.54, 1.807) is 28.6 Å². The first-order chi connectivity index (χ1) is 16.8. The van der Waals surface area contributed by atoms with Crippen molar-refractivity contribution in [1.82, 2.24) is 14.5 Å². The molecule has 2 fully saturated rings. The Hall–Kier alpha value is -2.06. The highest BCUT2D eigenvalue weighted by Gasteiger charge is 2.32. The number of likely N-dealkylation sites (tertiary alicyclic amines) is 1. The summed E-state index contributed by atoms with van der Waals surface area (Å²) in [4.78, 5) is 15.7. The molecule has 2 saturated heterocycles. The molecular weight excluding hydrogens is 458 g/mol. The molecule has 0 radical (unpaired) electrons. The molecule has 3 atom stereocenters. The second kappa shape index (κ2) is 11.8. The summed E-state index contributed by atoms with van der Waals surface area (Å²) in [6.45, 7) is 8.25. The van der Waals surface area contributed by atoms with Crippen molar-refractivity contribution >= 4 is 15.8 Å². The summed E-state index contributed by atoms with van der Waals surface area (Å²) in [6.07, 6.45) is 4.73. The molecule has 7 heteroatoms. The molecule has 2 heterocycles. The maximum atomic E-state index is 13.3. The quantitative estimate of drug-likeness (QED) is 0.522. The van der Waals surface area contributed by atoms with Crippen molar-refractivity contribution in [2.24, 2.45) is 11.8 Å². The highest BCUT2D eigenvalue weighted by atomic mass is 32.2. The lowest BCUT2D eigenvalue weighted by molar-refractivity contribution is 0.0983. The molecule has 0 amide bonds. The summed E-state index contributed by atoms with van der Waals surface area (Å²) in [6, 6.07) is 17.2. The van der Waals surface area contributed by atoms with Gasteiger partial charge in [-0.3, -0.25) is 9.69 Å². The molecule has 4 rings (SSSR count). The van der Waals surface area contributed by atoms with Crippen LogP contribution in [0.2, 0.25) is 0 Å². The van der Waals surface area contributed by atoms with Crippen molar-refractivity contribution in [2.45, 2.75) is 50.5 Å². The van der Waals surface area contributed by atoms with Crippen LogP contribution in [-0.2, 0) is 10.0 Å². The van der Waals surface area contributed by atoms with Crippen LogP contribution >= 0.6 is 0 Å². The van der Waals surface area contributed by atoms with E-state index in [-0.39, 0.29) is 23.3 Å². The number of nitrogens with zero attached hydrogens (tertiary/aromatic N) is 2. The predicted octanol–water partition coefficient (Wildman–Crippen LogP) is 4.35. The van der Waals surface area contributed by atoms with Crippen LogP contribution in [0.1, 0.15) is 61.5 Å². The largest absolute Gasteiger partial charge is 0.308 e. The number of hydrogen-bond donors (Lipinski definition) is 1. The Morgan fingerprint density at radius 3 is 2.34 bits per heavy atom. The average Bonchev–Trinajstić information content (AvgIpc) is 2.87. The van der Waals surface area contributed by atoms with Gasteiger partial charge < -0.3 is 5.32 Å². The van der Waals surface area contributed by atoms with Gasteiger partial charge in [-0.1, -0.05) is 62.7 Å². The van der Waals surface area contributed by atoms with Gasteiger partial charge in [0.25, 0.3) is 0 Å². The van der Waals surface area contributed by atoms with Crippen LogP contribution in [0.4, 0.5) is 0 Å². The SMILES string of the molecule is CC1CC(C)CN(S(=O)(=O)c2cccc(C(=O)CNCC(c3ccccc3)N3CCCCC3)c2)C1. The monoisotopic (exact) mass is 497 g/mol. The van der Waals surface area contributed by atoms with Gasteiger partial charge in [0.05, 0.1) is 11.4 Å². The Balaban J connectivity index is 1.41. The molecule has 0 aliphatic carbocycles. The zero-order valence-electron chi connectivity index (χ0n) is 21.0. The van der Waals surface area contributed by atoms with E-state index >= 15 is 0 Å². The third kappa shape index (κ3) is 6.58. The lowest BCUT2D eigenvalue weighted by Crippen LogP contribution is -2.42. The van der Waals surface area contributed by atoms with Crippen LogP contribution in [0.5, 0.6) is 0 Å². The third-order valence-electron chi connectivity index (χ3n) is 7.27. The zero-order chi connectivity index (χ0) is 24.8. The summed E-state index contributed by atoms with van der Waals surface area (Å²) < 4.78 is 28.1.